The van der Waals surface area contributed by atoms with Crippen molar-refractivity contribution in [3.63, 3.8) is 0 Å². The van der Waals surface area contributed by atoms with Crippen molar-refractivity contribution in [2.24, 2.45) is 5.92 Å². The first kappa shape index (κ1) is 16.8. The van der Waals surface area contributed by atoms with Crippen molar-refractivity contribution in [3.8, 4) is 0 Å². The Labute approximate surface area is 133 Å². The number of alkyl carbamates (subject to hydrolysis) is 1. The molecule has 0 aliphatic carbocycles. The molecule has 0 radical (unpaired) electrons. The molecule has 4 heteroatoms. The summed E-state index contributed by atoms with van der Waals surface area (Å²) < 4.78 is 5.28. The summed E-state index contributed by atoms with van der Waals surface area (Å²) in [6.07, 6.45) is 3.53. The van der Waals surface area contributed by atoms with E-state index in [-0.39, 0.29) is 6.09 Å². The highest BCUT2D eigenvalue weighted by Crippen LogP contribution is 2.17. The zero-order valence-electron chi connectivity index (χ0n) is 13.8. The summed E-state index contributed by atoms with van der Waals surface area (Å²) in [6, 6.07) is 10.2. The van der Waals surface area contributed by atoms with Crippen molar-refractivity contribution in [3.05, 3.63) is 35.9 Å². The molecule has 0 saturated carbocycles. The first-order valence-corrected chi connectivity index (χ1v) is 8.35. The van der Waals surface area contributed by atoms with Gasteiger partial charge in [-0.3, -0.25) is 4.90 Å². The van der Waals surface area contributed by atoms with Gasteiger partial charge in [-0.25, -0.2) is 4.79 Å². The highest BCUT2D eigenvalue weighted by atomic mass is 16.5. The van der Waals surface area contributed by atoms with Crippen LogP contribution in [0.3, 0.4) is 0 Å². The molecule has 2 rings (SSSR count). The normalized spacial score (nSPS) is 17.2. The van der Waals surface area contributed by atoms with Gasteiger partial charge in [0.1, 0.15) is 6.61 Å². The third-order valence-corrected chi connectivity index (χ3v) is 4.30. The molecule has 0 aromatic heterocycles. The maximum absolute atomic E-state index is 11.9. The Bertz CT molecular complexity index is 442. The van der Waals surface area contributed by atoms with Crippen LogP contribution in [0.25, 0.3) is 0 Å². The molecule has 1 fully saturated rings. The van der Waals surface area contributed by atoms with Crippen LogP contribution in [0.4, 0.5) is 4.79 Å². The predicted molar refractivity (Wildman–Crippen MR) is 88.7 cm³/mol. The Morgan fingerprint density at radius 1 is 1.18 bits per heavy atom. The molecule has 1 aromatic carbocycles. The average molecular weight is 304 g/mol. The van der Waals surface area contributed by atoms with Gasteiger partial charge >= 0.3 is 6.09 Å². The van der Waals surface area contributed by atoms with Crippen LogP contribution in [0.2, 0.25) is 0 Å². The van der Waals surface area contributed by atoms with E-state index < -0.39 is 0 Å². The van der Waals surface area contributed by atoms with E-state index in [2.05, 4.69) is 24.1 Å². The summed E-state index contributed by atoms with van der Waals surface area (Å²) in [5, 5.41) is 2.93. The van der Waals surface area contributed by atoms with Crippen LogP contribution < -0.4 is 5.32 Å². The molecule has 1 atom stereocenters. The number of piperidine rings is 1. The smallest absolute Gasteiger partial charge is 0.407 e. The Hall–Kier alpha value is -1.55. The summed E-state index contributed by atoms with van der Waals surface area (Å²) in [5.74, 6) is 0.521. The van der Waals surface area contributed by atoms with Gasteiger partial charge < -0.3 is 10.1 Å². The second kappa shape index (κ2) is 8.79. The van der Waals surface area contributed by atoms with Gasteiger partial charge in [-0.1, -0.05) is 50.6 Å². The van der Waals surface area contributed by atoms with Gasteiger partial charge in [-0.15, -0.1) is 0 Å². The van der Waals surface area contributed by atoms with Crippen LogP contribution in [0.15, 0.2) is 30.3 Å². The van der Waals surface area contributed by atoms with Gasteiger partial charge in [0.15, 0.2) is 0 Å². The second-order valence-corrected chi connectivity index (χ2v) is 6.35. The summed E-state index contributed by atoms with van der Waals surface area (Å²) in [6.45, 7) is 7.70. The fourth-order valence-corrected chi connectivity index (χ4v) is 3.00. The van der Waals surface area contributed by atoms with Crippen molar-refractivity contribution >= 4 is 6.09 Å². The van der Waals surface area contributed by atoms with E-state index >= 15 is 0 Å². The minimum atomic E-state index is -0.327. The maximum Gasteiger partial charge on any atom is 0.407 e. The Balaban J connectivity index is 1.75. The number of hydrogen-bond donors (Lipinski definition) is 1. The number of ether oxygens (including phenoxy) is 1. The molecule has 1 amide bonds. The number of nitrogens with one attached hydrogen (secondary N) is 1. The van der Waals surface area contributed by atoms with Crippen LogP contribution in [0.1, 0.15) is 38.7 Å². The summed E-state index contributed by atoms with van der Waals surface area (Å²) in [5.41, 5.74) is 1.01. The monoisotopic (exact) mass is 304 g/mol. The fraction of sp³-hybridized carbons (Fsp3) is 0.611. The Morgan fingerprint density at radius 3 is 2.50 bits per heavy atom. The van der Waals surface area contributed by atoms with E-state index in [0.717, 1.165) is 18.7 Å². The molecule has 1 aliphatic heterocycles. The minimum Gasteiger partial charge on any atom is -0.445 e. The number of likely N-dealkylation sites (tertiary alicyclic amines) is 1. The van der Waals surface area contributed by atoms with Crippen LogP contribution in [0, 0.1) is 5.92 Å². The summed E-state index contributed by atoms with van der Waals surface area (Å²) in [4.78, 5) is 14.4. The molecule has 22 heavy (non-hydrogen) atoms. The van der Waals surface area contributed by atoms with Gasteiger partial charge in [0, 0.05) is 12.6 Å². The highest BCUT2D eigenvalue weighted by molar-refractivity contribution is 5.67. The van der Waals surface area contributed by atoms with Crippen molar-refractivity contribution in [2.45, 2.75) is 45.8 Å². The van der Waals surface area contributed by atoms with E-state index in [1.807, 2.05) is 30.3 Å². The predicted octanol–water partition coefficient (Wildman–Crippen LogP) is 3.42. The Kier molecular flexibility index (Phi) is 6.72. The van der Waals surface area contributed by atoms with Gasteiger partial charge in [-0.2, -0.15) is 0 Å². The Morgan fingerprint density at radius 2 is 1.86 bits per heavy atom. The summed E-state index contributed by atoms with van der Waals surface area (Å²) in [7, 11) is 0. The SMILES string of the molecule is CC(C)C(CNC(=O)OCc1ccccc1)N1CCCCC1. The molecule has 1 aromatic rings. The van der Waals surface area contributed by atoms with E-state index in [4.69, 9.17) is 4.74 Å². The number of carbonyl (C=O) groups is 1. The van der Waals surface area contributed by atoms with Gasteiger partial charge in [0.2, 0.25) is 0 Å². The van der Waals surface area contributed by atoms with Crippen LogP contribution >= 0.6 is 0 Å². The lowest BCUT2D eigenvalue weighted by molar-refractivity contribution is 0.111. The topological polar surface area (TPSA) is 41.6 Å². The lowest BCUT2D eigenvalue weighted by Gasteiger charge is -2.37. The first-order chi connectivity index (χ1) is 10.7. The zero-order valence-corrected chi connectivity index (χ0v) is 13.8. The third-order valence-electron chi connectivity index (χ3n) is 4.30. The molecular weight excluding hydrogens is 276 g/mol. The average Bonchev–Trinajstić information content (AvgIpc) is 2.55. The number of carbonyl (C=O) groups excluding carboxylic acids is 1. The highest BCUT2D eigenvalue weighted by Gasteiger charge is 2.23. The van der Waals surface area contributed by atoms with Crippen molar-refractivity contribution in [1.29, 1.82) is 0 Å². The fourth-order valence-electron chi connectivity index (χ4n) is 3.00. The number of benzene rings is 1. The quantitative estimate of drug-likeness (QED) is 0.875. The number of nitrogens with zero attached hydrogens (tertiary/aromatic N) is 1. The largest absolute Gasteiger partial charge is 0.445 e. The minimum absolute atomic E-state index is 0.322. The molecule has 1 saturated heterocycles. The molecule has 1 heterocycles. The van der Waals surface area contributed by atoms with Crippen LogP contribution in [0.5, 0.6) is 0 Å². The molecule has 122 valence electrons. The number of rotatable bonds is 6. The molecule has 1 N–H and O–H groups in total. The van der Waals surface area contributed by atoms with Crippen molar-refractivity contribution in [1.82, 2.24) is 10.2 Å². The van der Waals surface area contributed by atoms with E-state index in [1.165, 1.54) is 19.3 Å². The molecular formula is C18H28N2O2. The lowest BCUT2D eigenvalue weighted by atomic mass is 9.99. The second-order valence-electron chi connectivity index (χ2n) is 6.35. The standard InChI is InChI=1S/C18H28N2O2/c1-15(2)17(20-11-7-4-8-12-20)13-19-18(21)22-14-16-9-5-3-6-10-16/h3,5-6,9-10,15,17H,4,7-8,11-14H2,1-2H3,(H,19,21). The number of amides is 1. The summed E-state index contributed by atoms with van der Waals surface area (Å²) >= 11 is 0. The molecule has 1 aliphatic rings. The molecule has 4 nitrogen and oxygen atoms in total. The van der Waals surface area contributed by atoms with Gasteiger partial charge in [0.25, 0.3) is 0 Å². The van der Waals surface area contributed by atoms with Gasteiger partial charge in [0.05, 0.1) is 0 Å². The van der Waals surface area contributed by atoms with Crippen molar-refractivity contribution in [2.75, 3.05) is 19.6 Å². The first-order valence-electron chi connectivity index (χ1n) is 8.35. The number of hydrogen-bond acceptors (Lipinski definition) is 3. The van der Waals surface area contributed by atoms with Crippen LogP contribution in [-0.4, -0.2) is 36.7 Å². The lowest BCUT2D eigenvalue weighted by Crippen LogP contribution is -2.48. The van der Waals surface area contributed by atoms with Gasteiger partial charge in [-0.05, 0) is 37.4 Å². The molecule has 0 bridgehead atoms. The van der Waals surface area contributed by atoms with Crippen LogP contribution in [-0.2, 0) is 11.3 Å². The van der Waals surface area contributed by atoms with E-state index in [0.29, 0.717) is 25.1 Å². The molecule has 1 unspecified atom stereocenters. The van der Waals surface area contributed by atoms with E-state index in [1.54, 1.807) is 0 Å². The third kappa shape index (κ3) is 5.34. The van der Waals surface area contributed by atoms with Crippen molar-refractivity contribution < 1.29 is 9.53 Å². The zero-order chi connectivity index (χ0) is 15.8. The maximum atomic E-state index is 11.9. The van der Waals surface area contributed by atoms with E-state index in [9.17, 15) is 4.79 Å². The molecule has 0 spiro atoms.